The first-order valence-corrected chi connectivity index (χ1v) is 8.62. The number of nitrogens with two attached hydrogens (primary N) is 1. The van der Waals surface area contributed by atoms with Crippen molar-refractivity contribution in [3.63, 3.8) is 0 Å². The van der Waals surface area contributed by atoms with E-state index in [1.54, 1.807) is 14.2 Å². The van der Waals surface area contributed by atoms with Gasteiger partial charge in [-0.3, -0.25) is 0 Å². The lowest BCUT2D eigenvalue weighted by molar-refractivity contribution is -0.228. The van der Waals surface area contributed by atoms with E-state index in [0.29, 0.717) is 25.0 Å². The van der Waals surface area contributed by atoms with Gasteiger partial charge in [0.1, 0.15) is 5.75 Å². The van der Waals surface area contributed by atoms with Crippen molar-refractivity contribution in [2.45, 2.75) is 51.2 Å². The van der Waals surface area contributed by atoms with Gasteiger partial charge in [-0.2, -0.15) is 0 Å². The number of aryl methyl sites for hydroxylation is 1. The van der Waals surface area contributed by atoms with E-state index >= 15 is 0 Å². The minimum atomic E-state index is -0.412. The summed E-state index contributed by atoms with van der Waals surface area (Å²) in [5, 5.41) is 0. The summed E-state index contributed by atoms with van der Waals surface area (Å²) in [4.78, 5) is 0. The third-order valence-corrected chi connectivity index (χ3v) is 5.22. The van der Waals surface area contributed by atoms with Gasteiger partial charge in [0.2, 0.25) is 0 Å². The fourth-order valence-corrected chi connectivity index (χ4v) is 3.79. The molecule has 0 amide bonds. The van der Waals surface area contributed by atoms with E-state index in [1.807, 2.05) is 6.92 Å². The van der Waals surface area contributed by atoms with Crippen molar-refractivity contribution in [1.29, 1.82) is 0 Å². The van der Waals surface area contributed by atoms with Crippen LogP contribution in [0.1, 0.15) is 49.7 Å². The molecule has 1 unspecified atom stereocenters. The maximum atomic E-state index is 6.17. The van der Waals surface area contributed by atoms with E-state index < -0.39 is 5.79 Å². The van der Waals surface area contributed by atoms with Gasteiger partial charge in [-0.25, -0.2) is 0 Å². The van der Waals surface area contributed by atoms with Crippen molar-refractivity contribution in [3.8, 4) is 5.75 Å². The van der Waals surface area contributed by atoms with Crippen molar-refractivity contribution in [2.75, 3.05) is 27.4 Å². The van der Waals surface area contributed by atoms with Crippen LogP contribution in [0.2, 0.25) is 0 Å². The minimum Gasteiger partial charge on any atom is -0.494 e. The van der Waals surface area contributed by atoms with Crippen LogP contribution in [-0.4, -0.2) is 33.2 Å². The van der Waals surface area contributed by atoms with Gasteiger partial charge in [0.25, 0.3) is 0 Å². The van der Waals surface area contributed by atoms with Crippen LogP contribution in [0.4, 0.5) is 0 Å². The molecule has 1 aromatic rings. The molecule has 2 N–H and O–H groups in total. The molecule has 0 saturated heterocycles. The van der Waals surface area contributed by atoms with Gasteiger partial charge in [-0.15, -0.1) is 0 Å². The monoisotopic (exact) mass is 321 g/mol. The van der Waals surface area contributed by atoms with Crippen molar-refractivity contribution < 1.29 is 14.2 Å². The van der Waals surface area contributed by atoms with Crippen LogP contribution in [0, 0.1) is 12.8 Å². The summed E-state index contributed by atoms with van der Waals surface area (Å²) in [5.74, 6) is 1.43. The van der Waals surface area contributed by atoms with Gasteiger partial charge in [-0.05, 0) is 50.8 Å². The number of methoxy groups -OCH3 is 2. The van der Waals surface area contributed by atoms with Crippen LogP contribution < -0.4 is 10.5 Å². The Morgan fingerprint density at radius 3 is 2.39 bits per heavy atom. The number of hydrogen-bond donors (Lipinski definition) is 1. The average Bonchev–Trinajstić information content (AvgIpc) is 2.59. The van der Waals surface area contributed by atoms with Crippen LogP contribution in [-0.2, 0) is 9.47 Å². The van der Waals surface area contributed by atoms with Gasteiger partial charge >= 0.3 is 0 Å². The fourth-order valence-electron chi connectivity index (χ4n) is 3.79. The Bertz CT molecular complexity index is 489. The zero-order valence-corrected chi connectivity index (χ0v) is 14.9. The second-order valence-electron chi connectivity index (χ2n) is 6.47. The Morgan fingerprint density at radius 2 is 1.87 bits per heavy atom. The molecule has 1 atom stereocenters. The summed E-state index contributed by atoms with van der Waals surface area (Å²) in [7, 11) is 3.47. The van der Waals surface area contributed by atoms with Crippen molar-refractivity contribution in [2.24, 2.45) is 11.7 Å². The predicted octanol–water partition coefficient (Wildman–Crippen LogP) is 3.62. The molecular weight excluding hydrogens is 290 g/mol. The summed E-state index contributed by atoms with van der Waals surface area (Å²) < 4.78 is 17.0. The molecule has 130 valence electrons. The zero-order valence-electron chi connectivity index (χ0n) is 14.9. The summed E-state index contributed by atoms with van der Waals surface area (Å²) >= 11 is 0. The number of ether oxygens (including phenoxy) is 3. The Morgan fingerprint density at radius 1 is 1.22 bits per heavy atom. The molecule has 0 radical (unpaired) electrons. The lowest BCUT2D eigenvalue weighted by Gasteiger charge is -2.40. The van der Waals surface area contributed by atoms with E-state index in [1.165, 1.54) is 11.1 Å². The smallest absolute Gasteiger partial charge is 0.167 e. The number of benzene rings is 1. The van der Waals surface area contributed by atoms with Gasteiger partial charge in [0.15, 0.2) is 5.79 Å². The lowest BCUT2D eigenvalue weighted by atomic mass is 9.74. The van der Waals surface area contributed by atoms with Gasteiger partial charge in [-0.1, -0.05) is 17.7 Å². The van der Waals surface area contributed by atoms with Crippen LogP contribution in [0.15, 0.2) is 18.2 Å². The molecule has 0 spiro atoms. The first-order valence-electron chi connectivity index (χ1n) is 8.62. The molecule has 0 aromatic heterocycles. The number of hydrogen-bond acceptors (Lipinski definition) is 4. The first-order chi connectivity index (χ1) is 11.1. The average molecular weight is 321 g/mol. The maximum absolute atomic E-state index is 6.17. The van der Waals surface area contributed by atoms with E-state index in [4.69, 9.17) is 19.9 Å². The highest BCUT2D eigenvalue weighted by Gasteiger charge is 2.38. The van der Waals surface area contributed by atoms with Crippen molar-refractivity contribution >= 4 is 0 Å². The predicted molar refractivity (Wildman–Crippen MR) is 92.9 cm³/mol. The quantitative estimate of drug-likeness (QED) is 0.779. The molecule has 23 heavy (non-hydrogen) atoms. The highest BCUT2D eigenvalue weighted by molar-refractivity contribution is 5.40. The summed E-state index contributed by atoms with van der Waals surface area (Å²) in [6, 6.07) is 6.41. The van der Waals surface area contributed by atoms with Gasteiger partial charge in [0, 0.05) is 33.0 Å². The molecule has 0 heterocycles. The third-order valence-electron chi connectivity index (χ3n) is 5.22. The Labute approximate surface area is 140 Å². The largest absolute Gasteiger partial charge is 0.494 e. The first kappa shape index (κ1) is 18.2. The summed E-state index contributed by atoms with van der Waals surface area (Å²) in [5.41, 5.74) is 8.67. The lowest BCUT2D eigenvalue weighted by Crippen LogP contribution is -2.40. The van der Waals surface area contributed by atoms with Crippen molar-refractivity contribution in [1.82, 2.24) is 0 Å². The maximum Gasteiger partial charge on any atom is 0.167 e. The normalized spacial score (nSPS) is 19.5. The molecular formula is C19H31NO3. The molecule has 2 rings (SSSR count). The zero-order chi connectivity index (χ0) is 16.9. The van der Waals surface area contributed by atoms with E-state index in [9.17, 15) is 0 Å². The molecule has 1 aromatic carbocycles. The molecule has 1 fully saturated rings. The van der Waals surface area contributed by atoms with Gasteiger partial charge < -0.3 is 19.9 Å². The van der Waals surface area contributed by atoms with E-state index in [2.05, 4.69) is 25.1 Å². The Balaban J connectivity index is 2.19. The standard InChI is InChI=1S/C19H31NO3/c1-5-23-18-7-6-14(2)12-16(18)17(13-20)15-8-10-19(21-3,22-4)11-9-15/h6-7,12,15,17H,5,8-11,13,20H2,1-4H3. The van der Waals surface area contributed by atoms with E-state index in [-0.39, 0.29) is 0 Å². The molecule has 4 nitrogen and oxygen atoms in total. The molecule has 0 bridgehead atoms. The molecule has 1 saturated carbocycles. The van der Waals surface area contributed by atoms with Crippen LogP contribution >= 0.6 is 0 Å². The Kier molecular flexibility index (Phi) is 6.45. The molecule has 1 aliphatic rings. The van der Waals surface area contributed by atoms with Crippen LogP contribution in [0.25, 0.3) is 0 Å². The summed E-state index contributed by atoms with van der Waals surface area (Å²) in [6.07, 6.45) is 3.94. The second-order valence-corrected chi connectivity index (χ2v) is 6.47. The third kappa shape index (κ3) is 4.06. The summed E-state index contributed by atoms with van der Waals surface area (Å²) in [6.45, 7) is 5.46. The topological polar surface area (TPSA) is 53.7 Å². The second kappa shape index (κ2) is 8.13. The number of rotatable bonds is 7. The fraction of sp³-hybridized carbons (Fsp3) is 0.684. The van der Waals surface area contributed by atoms with Crippen LogP contribution in [0.3, 0.4) is 0 Å². The molecule has 1 aliphatic carbocycles. The Hall–Kier alpha value is -1.10. The minimum absolute atomic E-state index is 0.322. The highest BCUT2D eigenvalue weighted by atomic mass is 16.7. The SMILES string of the molecule is CCOc1ccc(C)cc1C(CN)C1CCC(OC)(OC)CC1. The van der Waals surface area contributed by atoms with Crippen molar-refractivity contribution in [3.05, 3.63) is 29.3 Å². The van der Waals surface area contributed by atoms with E-state index in [0.717, 1.165) is 31.4 Å². The molecule has 0 aliphatic heterocycles. The molecule has 4 heteroatoms. The van der Waals surface area contributed by atoms with Gasteiger partial charge in [0.05, 0.1) is 6.61 Å². The highest BCUT2D eigenvalue weighted by Crippen LogP contribution is 2.43. The van der Waals surface area contributed by atoms with Crippen LogP contribution in [0.5, 0.6) is 5.75 Å².